The van der Waals surface area contributed by atoms with E-state index < -0.39 is 15.5 Å². The van der Waals surface area contributed by atoms with Crippen LogP contribution in [0.2, 0.25) is 0 Å². The molecule has 7 heteroatoms. The topological polar surface area (TPSA) is 81.5 Å². The fourth-order valence-corrected chi connectivity index (χ4v) is 1.26. The maximum Gasteiger partial charge on any atom is 0.411 e. The lowest BCUT2D eigenvalue weighted by Crippen LogP contribution is -2.29. The number of nitrogens with one attached hydrogen (secondary N) is 1. The Hall–Kier alpha value is -1.63. The van der Waals surface area contributed by atoms with Crippen LogP contribution in [-0.2, 0) is 4.74 Å². The van der Waals surface area contributed by atoms with Crippen molar-refractivity contribution in [2.24, 2.45) is 0 Å². The summed E-state index contributed by atoms with van der Waals surface area (Å²) >= 11 is 2.95. The van der Waals surface area contributed by atoms with Gasteiger partial charge < -0.3 is 4.74 Å². The predicted octanol–water partition coefficient (Wildman–Crippen LogP) is 3.01. The van der Waals surface area contributed by atoms with E-state index in [9.17, 15) is 14.9 Å². The highest BCUT2D eigenvalue weighted by Gasteiger charge is 2.33. The number of hydrogen-bond acceptors (Lipinski definition) is 4. The predicted molar refractivity (Wildman–Crippen MR) is 70.4 cm³/mol. The molecule has 0 radical (unpaired) electrons. The Labute approximate surface area is 113 Å². The number of benzene rings is 1. The number of alkyl halides is 1. The van der Waals surface area contributed by atoms with Crippen molar-refractivity contribution in [2.45, 2.75) is 17.8 Å². The summed E-state index contributed by atoms with van der Waals surface area (Å²) in [5.41, 5.74) is 0.610. The van der Waals surface area contributed by atoms with Crippen LogP contribution in [0.25, 0.3) is 0 Å². The molecule has 1 aromatic rings. The Kier molecular flexibility index (Phi) is 5.08. The van der Waals surface area contributed by atoms with Crippen molar-refractivity contribution in [3.63, 3.8) is 0 Å². The van der Waals surface area contributed by atoms with E-state index in [4.69, 9.17) is 4.74 Å². The number of hydrogen-bond donors (Lipinski definition) is 1. The first-order valence-electron chi connectivity index (χ1n) is 5.24. The number of rotatable bonds is 5. The van der Waals surface area contributed by atoms with Gasteiger partial charge >= 0.3 is 6.09 Å². The van der Waals surface area contributed by atoms with Crippen LogP contribution in [0, 0.1) is 10.1 Å². The Morgan fingerprint density at radius 3 is 2.67 bits per heavy atom. The maximum absolute atomic E-state index is 11.3. The third kappa shape index (κ3) is 4.70. The lowest BCUT2D eigenvalue weighted by atomic mass is 10.3. The number of nitrogens with zero attached hydrogens (tertiary/aromatic N) is 1. The number of nitro groups is 1. The van der Waals surface area contributed by atoms with Gasteiger partial charge in [-0.3, -0.25) is 15.4 Å². The molecule has 1 N–H and O–H groups in total. The molecule has 0 aliphatic heterocycles. The molecule has 0 aliphatic rings. The first-order chi connectivity index (χ1) is 8.42. The second-order valence-electron chi connectivity index (χ2n) is 3.78. The third-order valence-corrected chi connectivity index (χ3v) is 2.88. The Morgan fingerprint density at radius 1 is 1.50 bits per heavy atom. The van der Waals surface area contributed by atoms with Crippen molar-refractivity contribution in [2.75, 3.05) is 11.9 Å². The second kappa shape index (κ2) is 6.34. The van der Waals surface area contributed by atoms with Gasteiger partial charge in [-0.05, 0) is 28.1 Å². The van der Waals surface area contributed by atoms with E-state index in [1.165, 1.54) is 6.92 Å². The summed E-state index contributed by atoms with van der Waals surface area (Å²) in [6, 6.07) is 8.81. The average molecular weight is 317 g/mol. The number of halogens is 1. The normalized spacial score (nSPS) is 13.4. The van der Waals surface area contributed by atoms with Gasteiger partial charge in [0.05, 0.1) is 6.42 Å². The molecule has 0 heterocycles. The summed E-state index contributed by atoms with van der Waals surface area (Å²) in [5.74, 6) is 0. The molecule has 0 fully saturated rings. The third-order valence-electron chi connectivity index (χ3n) is 2.19. The zero-order valence-corrected chi connectivity index (χ0v) is 11.3. The number of para-hydroxylation sites is 1. The number of carbonyl (C=O) groups excluding carboxylic acids is 1. The molecule has 1 rings (SSSR count). The van der Waals surface area contributed by atoms with Gasteiger partial charge in [-0.25, -0.2) is 4.79 Å². The molecule has 1 unspecified atom stereocenters. The van der Waals surface area contributed by atoms with Gasteiger partial charge in [-0.1, -0.05) is 18.2 Å². The van der Waals surface area contributed by atoms with Gasteiger partial charge in [-0.2, -0.15) is 0 Å². The molecule has 6 nitrogen and oxygen atoms in total. The molecule has 0 spiro atoms. The van der Waals surface area contributed by atoms with Crippen LogP contribution in [-0.4, -0.2) is 22.1 Å². The molecule has 0 saturated heterocycles. The maximum atomic E-state index is 11.3. The average Bonchev–Trinajstić information content (AvgIpc) is 2.29. The molecule has 0 aromatic heterocycles. The van der Waals surface area contributed by atoms with Gasteiger partial charge in [-0.15, -0.1) is 0 Å². The molecule has 1 aromatic carbocycles. The minimum Gasteiger partial charge on any atom is -0.449 e. The van der Waals surface area contributed by atoms with E-state index in [-0.39, 0.29) is 13.0 Å². The highest BCUT2D eigenvalue weighted by atomic mass is 79.9. The van der Waals surface area contributed by atoms with Gasteiger partial charge in [0.25, 0.3) is 4.45 Å². The highest BCUT2D eigenvalue weighted by Crippen LogP contribution is 2.22. The Bertz CT molecular complexity index is 422. The van der Waals surface area contributed by atoms with Gasteiger partial charge in [0.15, 0.2) is 0 Å². The van der Waals surface area contributed by atoms with Gasteiger partial charge in [0, 0.05) is 17.5 Å². The van der Waals surface area contributed by atoms with E-state index in [1.54, 1.807) is 24.3 Å². The minimum atomic E-state index is -1.28. The summed E-state index contributed by atoms with van der Waals surface area (Å²) in [5, 5.41) is 13.1. The molecule has 18 heavy (non-hydrogen) atoms. The number of ether oxygens (including phenoxy) is 1. The largest absolute Gasteiger partial charge is 0.449 e. The van der Waals surface area contributed by atoms with Crippen LogP contribution in [0.4, 0.5) is 10.5 Å². The van der Waals surface area contributed by atoms with Crippen molar-refractivity contribution in [3.05, 3.63) is 40.4 Å². The van der Waals surface area contributed by atoms with E-state index in [0.717, 1.165) is 0 Å². The van der Waals surface area contributed by atoms with E-state index in [0.29, 0.717) is 5.69 Å². The fourth-order valence-electron chi connectivity index (χ4n) is 1.10. The SMILES string of the molecule is CC(Br)(CCOC(=O)Nc1ccccc1)[N+](=O)[O-]. The molecule has 98 valence electrons. The summed E-state index contributed by atoms with van der Waals surface area (Å²) in [7, 11) is 0. The minimum absolute atomic E-state index is 0.0403. The molecular formula is C11H13BrN2O4. The first kappa shape index (κ1) is 14.4. The number of anilines is 1. The van der Waals surface area contributed by atoms with E-state index in [1.807, 2.05) is 6.07 Å². The molecular weight excluding hydrogens is 304 g/mol. The van der Waals surface area contributed by atoms with Crippen molar-refractivity contribution in [3.8, 4) is 0 Å². The van der Waals surface area contributed by atoms with Crippen LogP contribution in [0.3, 0.4) is 0 Å². The molecule has 0 bridgehead atoms. The lowest BCUT2D eigenvalue weighted by Gasteiger charge is -2.13. The molecule has 0 saturated carbocycles. The van der Waals surface area contributed by atoms with Crippen LogP contribution in [0.1, 0.15) is 13.3 Å². The zero-order valence-electron chi connectivity index (χ0n) is 9.76. The highest BCUT2D eigenvalue weighted by molar-refractivity contribution is 9.10. The van der Waals surface area contributed by atoms with E-state index >= 15 is 0 Å². The Balaban J connectivity index is 2.32. The van der Waals surface area contributed by atoms with Crippen LogP contribution in [0.15, 0.2) is 30.3 Å². The monoisotopic (exact) mass is 316 g/mol. The first-order valence-corrected chi connectivity index (χ1v) is 6.03. The smallest absolute Gasteiger partial charge is 0.411 e. The van der Waals surface area contributed by atoms with Crippen LogP contribution < -0.4 is 5.32 Å². The van der Waals surface area contributed by atoms with Crippen molar-refractivity contribution in [1.29, 1.82) is 0 Å². The zero-order chi connectivity index (χ0) is 13.6. The number of carbonyl (C=O) groups is 1. The van der Waals surface area contributed by atoms with Crippen molar-refractivity contribution in [1.82, 2.24) is 0 Å². The lowest BCUT2D eigenvalue weighted by molar-refractivity contribution is -0.532. The van der Waals surface area contributed by atoms with Crippen LogP contribution >= 0.6 is 15.9 Å². The van der Waals surface area contributed by atoms with Crippen molar-refractivity contribution >= 4 is 27.7 Å². The summed E-state index contributed by atoms with van der Waals surface area (Å²) in [6.07, 6.45) is -0.546. The quantitative estimate of drug-likeness (QED) is 0.392. The van der Waals surface area contributed by atoms with Gasteiger partial charge in [0.1, 0.15) is 6.61 Å². The molecule has 1 atom stereocenters. The standard InChI is InChI=1S/C11H13BrN2O4/c1-11(12,14(16)17)7-8-18-10(15)13-9-5-3-2-4-6-9/h2-6H,7-8H2,1H3,(H,13,15). The second-order valence-corrected chi connectivity index (χ2v) is 5.48. The summed E-state index contributed by atoms with van der Waals surface area (Å²) < 4.78 is 3.57. The molecule has 1 amide bonds. The summed E-state index contributed by atoms with van der Waals surface area (Å²) in [6.45, 7) is 1.37. The fraction of sp³-hybridized carbons (Fsp3) is 0.364. The summed E-state index contributed by atoms with van der Waals surface area (Å²) in [4.78, 5) is 21.5. The Morgan fingerprint density at radius 2 is 2.11 bits per heavy atom. The number of amides is 1. The van der Waals surface area contributed by atoms with Gasteiger partial charge in [0.2, 0.25) is 0 Å². The van der Waals surface area contributed by atoms with Crippen LogP contribution in [0.5, 0.6) is 0 Å². The van der Waals surface area contributed by atoms with Crippen molar-refractivity contribution < 1.29 is 14.5 Å². The molecule has 0 aliphatic carbocycles. The van der Waals surface area contributed by atoms with E-state index in [2.05, 4.69) is 21.2 Å².